The first-order chi connectivity index (χ1) is 28.8. The maximum atomic E-state index is 2.46. The van der Waals surface area contributed by atoms with Crippen molar-refractivity contribution < 1.29 is 0 Å². The molecule has 0 bridgehead atoms. The summed E-state index contributed by atoms with van der Waals surface area (Å²) in [5.41, 5.74) is 9.99. The van der Waals surface area contributed by atoms with Gasteiger partial charge in [-0.1, -0.05) is 158 Å². The van der Waals surface area contributed by atoms with Gasteiger partial charge in [0.05, 0.1) is 0 Å². The number of nitrogens with zero attached hydrogens (tertiary/aromatic N) is 2. The molecule has 10 rings (SSSR count). The van der Waals surface area contributed by atoms with Crippen LogP contribution in [0.3, 0.4) is 0 Å². The lowest BCUT2D eigenvalue weighted by Gasteiger charge is -2.27. The number of hydrogen-bond donors (Lipinski definition) is 0. The van der Waals surface area contributed by atoms with Gasteiger partial charge in [-0.2, -0.15) is 0 Å². The van der Waals surface area contributed by atoms with Crippen molar-refractivity contribution in [3.63, 3.8) is 0 Å². The molecule has 0 fully saturated rings. The Morgan fingerprint density at radius 3 is 0.862 bits per heavy atom. The monoisotopic (exact) mass is 744 g/mol. The SMILES string of the molecule is c1ccc(N(CCc2c3ccccc3cc3ccccc23)c2ccc(-c3ccc(N(CCc4c5ccccc5cc5ccccc45)c4ccccc4)cc3)cc2)cc1. The highest BCUT2D eigenvalue weighted by Crippen LogP contribution is 2.35. The Kier molecular flexibility index (Phi) is 9.59. The third-order valence-corrected chi connectivity index (χ3v) is 11.8. The van der Waals surface area contributed by atoms with Crippen LogP contribution in [0.5, 0.6) is 0 Å². The molecular weight excluding hydrogens is 701 g/mol. The van der Waals surface area contributed by atoms with Gasteiger partial charge in [0, 0.05) is 35.8 Å². The largest absolute Gasteiger partial charge is 0.341 e. The Morgan fingerprint density at radius 2 is 0.534 bits per heavy atom. The van der Waals surface area contributed by atoms with Gasteiger partial charge >= 0.3 is 0 Å². The quantitative estimate of drug-likeness (QED) is 0.122. The van der Waals surface area contributed by atoms with Crippen LogP contribution in [-0.2, 0) is 12.8 Å². The Labute approximate surface area is 340 Å². The van der Waals surface area contributed by atoms with Gasteiger partial charge in [-0.3, -0.25) is 0 Å². The highest BCUT2D eigenvalue weighted by Gasteiger charge is 2.16. The molecule has 0 aliphatic carbocycles. The summed E-state index contributed by atoms with van der Waals surface area (Å²) in [7, 11) is 0. The smallest absolute Gasteiger partial charge is 0.0411 e. The average molecular weight is 745 g/mol. The van der Waals surface area contributed by atoms with E-state index in [4.69, 9.17) is 0 Å². The first kappa shape index (κ1) is 35.3. The minimum atomic E-state index is 0.861. The van der Waals surface area contributed by atoms with Crippen LogP contribution in [0.4, 0.5) is 22.7 Å². The van der Waals surface area contributed by atoms with E-state index in [2.05, 4.69) is 228 Å². The van der Waals surface area contributed by atoms with E-state index >= 15 is 0 Å². The fourth-order valence-electron chi connectivity index (χ4n) is 8.90. The first-order valence-corrected chi connectivity index (χ1v) is 20.4. The summed E-state index contributed by atoms with van der Waals surface area (Å²) in [6, 6.07) is 79.7. The predicted molar refractivity (Wildman–Crippen MR) is 249 cm³/mol. The van der Waals surface area contributed by atoms with Crippen molar-refractivity contribution in [3.05, 3.63) is 230 Å². The zero-order valence-electron chi connectivity index (χ0n) is 32.5. The van der Waals surface area contributed by atoms with Gasteiger partial charge in [0.25, 0.3) is 0 Å². The molecule has 0 N–H and O–H groups in total. The lowest BCUT2D eigenvalue weighted by Crippen LogP contribution is -2.20. The summed E-state index contributed by atoms with van der Waals surface area (Å²) in [6.45, 7) is 1.72. The second-order valence-corrected chi connectivity index (χ2v) is 15.2. The van der Waals surface area contributed by atoms with E-state index in [-0.39, 0.29) is 0 Å². The molecule has 0 unspecified atom stereocenters. The van der Waals surface area contributed by atoms with Crippen LogP contribution >= 0.6 is 0 Å². The second kappa shape index (κ2) is 15.8. The van der Waals surface area contributed by atoms with E-state index in [1.54, 1.807) is 0 Å². The summed E-state index contributed by atoms with van der Waals surface area (Å²) in [4.78, 5) is 4.92. The van der Waals surface area contributed by atoms with Gasteiger partial charge in [-0.15, -0.1) is 0 Å². The summed E-state index contributed by atoms with van der Waals surface area (Å²) in [5.74, 6) is 0. The molecule has 10 aromatic rings. The van der Waals surface area contributed by atoms with Gasteiger partial charge in [0.1, 0.15) is 0 Å². The molecule has 0 saturated carbocycles. The van der Waals surface area contributed by atoms with Gasteiger partial charge in [-0.05, 0) is 139 Å². The number of hydrogen-bond acceptors (Lipinski definition) is 2. The van der Waals surface area contributed by atoms with Crippen LogP contribution in [0.1, 0.15) is 11.1 Å². The molecule has 0 spiro atoms. The fourth-order valence-corrected chi connectivity index (χ4v) is 8.90. The number of benzene rings is 10. The molecule has 2 heteroatoms. The number of para-hydroxylation sites is 2. The van der Waals surface area contributed by atoms with Crippen LogP contribution < -0.4 is 9.80 Å². The molecule has 278 valence electrons. The molecule has 0 heterocycles. The molecule has 0 amide bonds. The summed E-state index contributed by atoms with van der Waals surface area (Å²) in [6.07, 6.45) is 1.85. The van der Waals surface area contributed by atoms with Crippen molar-refractivity contribution in [2.75, 3.05) is 22.9 Å². The molecule has 2 nitrogen and oxygen atoms in total. The van der Waals surface area contributed by atoms with Gasteiger partial charge in [0.2, 0.25) is 0 Å². The summed E-state index contributed by atoms with van der Waals surface area (Å²) < 4.78 is 0. The van der Waals surface area contributed by atoms with E-state index in [9.17, 15) is 0 Å². The van der Waals surface area contributed by atoms with Crippen LogP contribution in [0.25, 0.3) is 54.2 Å². The second-order valence-electron chi connectivity index (χ2n) is 15.2. The van der Waals surface area contributed by atoms with Crippen molar-refractivity contribution >= 4 is 65.8 Å². The summed E-state index contributed by atoms with van der Waals surface area (Å²) in [5, 5.41) is 10.5. The normalized spacial score (nSPS) is 11.4. The minimum Gasteiger partial charge on any atom is -0.341 e. The van der Waals surface area contributed by atoms with Crippen LogP contribution in [0.2, 0.25) is 0 Å². The topological polar surface area (TPSA) is 6.48 Å². The Morgan fingerprint density at radius 1 is 0.259 bits per heavy atom. The molecule has 0 aliphatic rings. The van der Waals surface area contributed by atoms with E-state index in [0.29, 0.717) is 0 Å². The third kappa shape index (κ3) is 6.95. The van der Waals surface area contributed by atoms with Gasteiger partial charge < -0.3 is 9.80 Å². The number of anilines is 4. The Hall–Kier alpha value is -7.16. The van der Waals surface area contributed by atoms with Crippen molar-refractivity contribution in [1.82, 2.24) is 0 Å². The first-order valence-electron chi connectivity index (χ1n) is 20.4. The lowest BCUT2D eigenvalue weighted by atomic mass is 9.94. The minimum absolute atomic E-state index is 0.861. The lowest BCUT2D eigenvalue weighted by molar-refractivity contribution is 0.924. The van der Waals surface area contributed by atoms with Gasteiger partial charge in [0.15, 0.2) is 0 Å². The summed E-state index contributed by atoms with van der Waals surface area (Å²) >= 11 is 0. The van der Waals surface area contributed by atoms with Crippen molar-refractivity contribution in [3.8, 4) is 11.1 Å². The maximum Gasteiger partial charge on any atom is 0.0411 e. The van der Waals surface area contributed by atoms with Crippen molar-refractivity contribution in [2.24, 2.45) is 0 Å². The Balaban J connectivity index is 0.929. The fraction of sp³-hybridized carbons (Fsp3) is 0.0714. The number of fused-ring (bicyclic) bond motifs is 4. The van der Waals surface area contributed by atoms with Crippen LogP contribution in [0.15, 0.2) is 218 Å². The van der Waals surface area contributed by atoms with Gasteiger partial charge in [-0.25, -0.2) is 0 Å². The molecule has 10 aromatic carbocycles. The van der Waals surface area contributed by atoms with Crippen LogP contribution in [-0.4, -0.2) is 13.1 Å². The van der Waals surface area contributed by atoms with E-state index in [0.717, 1.165) is 25.9 Å². The van der Waals surface area contributed by atoms with Crippen molar-refractivity contribution in [2.45, 2.75) is 12.8 Å². The Bertz CT molecular complexity index is 2670. The standard InChI is InChI=1S/C56H44N2/c1-3-19-47(20-4-1)57(37-35-55-51-23-11-7-15-43(51)39-44-16-8-12-24-52(44)55)49-31-27-41(28-32-49)42-29-33-50(34-30-42)58(48-21-5-2-6-22-48)38-36-56-53-25-13-9-17-45(53)40-46-18-10-14-26-54(46)56/h1-34,39-40H,35-38H2. The molecule has 0 aliphatic heterocycles. The highest BCUT2D eigenvalue weighted by molar-refractivity contribution is 6.03. The molecule has 0 saturated heterocycles. The molecule has 58 heavy (non-hydrogen) atoms. The maximum absolute atomic E-state index is 2.46. The van der Waals surface area contributed by atoms with E-state index in [1.165, 1.54) is 88.1 Å². The predicted octanol–water partition coefficient (Wildman–Crippen LogP) is 14.7. The molecule has 0 atom stereocenters. The zero-order valence-corrected chi connectivity index (χ0v) is 32.5. The highest BCUT2D eigenvalue weighted by atomic mass is 15.1. The third-order valence-electron chi connectivity index (χ3n) is 11.8. The van der Waals surface area contributed by atoms with E-state index in [1.807, 2.05) is 0 Å². The van der Waals surface area contributed by atoms with E-state index < -0.39 is 0 Å². The van der Waals surface area contributed by atoms with Crippen LogP contribution in [0, 0.1) is 0 Å². The average Bonchev–Trinajstić information content (AvgIpc) is 3.29. The zero-order chi connectivity index (χ0) is 38.7. The molecule has 0 radical (unpaired) electrons. The molecule has 0 aromatic heterocycles. The number of rotatable bonds is 11. The van der Waals surface area contributed by atoms with Crippen molar-refractivity contribution in [1.29, 1.82) is 0 Å². The molecular formula is C56H44N2.